The number of allylic oxidation sites excluding steroid dienone is 6. The summed E-state index contributed by atoms with van der Waals surface area (Å²) in [5.41, 5.74) is 0. The van der Waals surface area contributed by atoms with Gasteiger partial charge in [-0.3, -0.25) is 9.59 Å². The van der Waals surface area contributed by atoms with Gasteiger partial charge in [0, 0.05) is 12.8 Å². The van der Waals surface area contributed by atoms with Gasteiger partial charge in [0.05, 0.1) is 25.4 Å². The standard InChI is InChI=1S/C60H113NO5/c1-3-5-7-9-11-13-15-17-19-21-25-28-32-36-40-44-48-52-58(63)57(56-62)61-59(64)53-49-45-41-37-33-29-26-22-20-23-27-31-35-39-43-47-51-55-66-60(65)54-50-46-42-38-34-30-24-18-16-14-12-10-8-6-4-2/h18,20,23-24,31,35,57-58,62-63H,3-17,19,21-22,25-30,32-34,36-56H2,1-2H3,(H,61,64)/b23-20-,24-18-,35-31-. The summed E-state index contributed by atoms with van der Waals surface area (Å²) >= 11 is 0. The fraction of sp³-hybridized carbons (Fsp3) is 0.867. The van der Waals surface area contributed by atoms with Crippen LogP contribution in [0.15, 0.2) is 36.5 Å². The second-order valence-electron chi connectivity index (χ2n) is 20.0. The van der Waals surface area contributed by atoms with Gasteiger partial charge in [-0.25, -0.2) is 0 Å². The minimum atomic E-state index is -0.676. The van der Waals surface area contributed by atoms with Crippen molar-refractivity contribution >= 4 is 11.9 Å². The summed E-state index contributed by atoms with van der Waals surface area (Å²) in [6.07, 6.45) is 68.5. The molecule has 0 rings (SSSR count). The van der Waals surface area contributed by atoms with Gasteiger partial charge in [0.2, 0.25) is 5.91 Å². The summed E-state index contributed by atoms with van der Waals surface area (Å²) in [7, 11) is 0. The molecule has 0 spiro atoms. The lowest BCUT2D eigenvalue weighted by Gasteiger charge is -2.22. The predicted molar refractivity (Wildman–Crippen MR) is 287 cm³/mol. The topological polar surface area (TPSA) is 95.9 Å². The summed E-state index contributed by atoms with van der Waals surface area (Å²) in [6.45, 7) is 4.91. The first-order chi connectivity index (χ1) is 32.5. The monoisotopic (exact) mass is 928 g/mol. The summed E-state index contributed by atoms with van der Waals surface area (Å²) in [5, 5.41) is 23.3. The van der Waals surface area contributed by atoms with Crippen molar-refractivity contribution in [3.63, 3.8) is 0 Å². The van der Waals surface area contributed by atoms with E-state index in [-0.39, 0.29) is 18.5 Å². The molecule has 0 aromatic heterocycles. The predicted octanol–water partition coefficient (Wildman–Crippen LogP) is 18.0. The van der Waals surface area contributed by atoms with E-state index in [1.54, 1.807) is 0 Å². The van der Waals surface area contributed by atoms with Crippen LogP contribution in [0.4, 0.5) is 0 Å². The van der Waals surface area contributed by atoms with Gasteiger partial charge in [-0.15, -0.1) is 0 Å². The smallest absolute Gasteiger partial charge is 0.305 e. The van der Waals surface area contributed by atoms with Crippen LogP contribution in [-0.4, -0.2) is 47.4 Å². The first kappa shape index (κ1) is 64.1. The molecule has 1 amide bonds. The molecule has 388 valence electrons. The molecule has 6 nitrogen and oxygen atoms in total. The molecule has 0 aliphatic carbocycles. The zero-order chi connectivity index (χ0) is 47.9. The van der Waals surface area contributed by atoms with Crippen LogP contribution in [0.5, 0.6) is 0 Å². The number of carbonyl (C=O) groups is 2. The quantitative estimate of drug-likeness (QED) is 0.0321. The summed E-state index contributed by atoms with van der Waals surface area (Å²) in [6, 6.07) is -0.554. The number of carbonyl (C=O) groups excluding carboxylic acids is 2. The number of hydrogen-bond donors (Lipinski definition) is 3. The first-order valence-electron chi connectivity index (χ1n) is 29.2. The van der Waals surface area contributed by atoms with Crippen molar-refractivity contribution in [2.75, 3.05) is 13.2 Å². The van der Waals surface area contributed by atoms with Crippen LogP contribution in [0.1, 0.15) is 309 Å². The van der Waals surface area contributed by atoms with E-state index in [0.717, 1.165) is 83.5 Å². The molecule has 0 bridgehead atoms. The number of aliphatic hydroxyl groups excluding tert-OH is 2. The van der Waals surface area contributed by atoms with Crippen molar-refractivity contribution in [2.24, 2.45) is 0 Å². The van der Waals surface area contributed by atoms with E-state index in [4.69, 9.17) is 4.74 Å². The molecule has 0 saturated heterocycles. The van der Waals surface area contributed by atoms with E-state index in [2.05, 4.69) is 55.6 Å². The molecule has 0 aromatic carbocycles. The fourth-order valence-electron chi connectivity index (χ4n) is 8.90. The Hall–Kier alpha value is -1.92. The molecule has 2 atom stereocenters. The lowest BCUT2D eigenvalue weighted by molar-refractivity contribution is -0.143. The molecule has 0 aliphatic rings. The highest BCUT2D eigenvalue weighted by atomic mass is 16.5. The van der Waals surface area contributed by atoms with E-state index in [0.29, 0.717) is 25.9 Å². The number of amides is 1. The van der Waals surface area contributed by atoms with Gasteiger partial charge in [-0.1, -0.05) is 243 Å². The number of rotatable bonds is 54. The fourth-order valence-corrected chi connectivity index (χ4v) is 8.90. The maximum atomic E-state index is 12.5. The molecule has 66 heavy (non-hydrogen) atoms. The molecular formula is C60H113NO5. The Bertz CT molecular complexity index is 1070. The number of unbranched alkanes of at least 4 members (excludes halogenated alkanes) is 37. The van der Waals surface area contributed by atoms with Crippen LogP contribution in [0, 0.1) is 0 Å². The molecule has 0 heterocycles. The second kappa shape index (κ2) is 55.7. The first-order valence-corrected chi connectivity index (χ1v) is 29.2. The van der Waals surface area contributed by atoms with Crippen molar-refractivity contribution in [3.05, 3.63) is 36.5 Å². The molecule has 2 unspecified atom stereocenters. The van der Waals surface area contributed by atoms with E-state index >= 15 is 0 Å². The number of nitrogens with one attached hydrogen (secondary N) is 1. The van der Waals surface area contributed by atoms with Gasteiger partial charge in [-0.05, 0) is 89.9 Å². The van der Waals surface area contributed by atoms with E-state index < -0.39 is 12.1 Å². The van der Waals surface area contributed by atoms with Gasteiger partial charge < -0.3 is 20.3 Å². The molecule has 3 N–H and O–H groups in total. The zero-order valence-corrected chi connectivity index (χ0v) is 44.2. The lowest BCUT2D eigenvalue weighted by atomic mass is 10.0. The van der Waals surface area contributed by atoms with Crippen LogP contribution in [0.25, 0.3) is 0 Å². The van der Waals surface area contributed by atoms with Crippen molar-refractivity contribution in [1.29, 1.82) is 0 Å². The van der Waals surface area contributed by atoms with Crippen LogP contribution in [0.2, 0.25) is 0 Å². The minimum Gasteiger partial charge on any atom is -0.466 e. The summed E-state index contributed by atoms with van der Waals surface area (Å²) < 4.78 is 5.45. The van der Waals surface area contributed by atoms with Crippen LogP contribution >= 0.6 is 0 Å². The Morgan fingerprint density at radius 2 is 0.758 bits per heavy atom. The molecule has 6 heteroatoms. The highest BCUT2D eigenvalue weighted by molar-refractivity contribution is 5.76. The van der Waals surface area contributed by atoms with Gasteiger partial charge >= 0.3 is 5.97 Å². The lowest BCUT2D eigenvalue weighted by Crippen LogP contribution is -2.45. The van der Waals surface area contributed by atoms with Crippen LogP contribution < -0.4 is 5.32 Å². The Morgan fingerprint density at radius 1 is 0.424 bits per heavy atom. The Labute approximate surface area is 411 Å². The molecule has 0 saturated carbocycles. The average Bonchev–Trinajstić information content (AvgIpc) is 3.32. The van der Waals surface area contributed by atoms with Crippen molar-refractivity contribution in [3.8, 4) is 0 Å². The third-order valence-corrected chi connectivity index (χ3v) is 13.4. The summed E-state index contributed by atoms with van der Waals surface area (Å²) in [4.78, 5) is 24.5. The Kier molecular flexibility index (Phi) is 54.1. The molecular weight excluding hydrogens is 815 g/mol. The number of ether oxygens (including phenoxy) is 1. The Balaban J connectivity index is 3.50. The zero-order valence-electron chi connectivity index (χ0n) is 44.2. The van der Waals surface area contributed by atoms with Crippen LogP contribution in [-0.2, 0) is 14.3 Å². The average molecular weight is 929 g/mol. The third-order valence-electron chi connectivity index (χ3n) is 13.4. The molecule has 0 aromatic rings. The normalized spacial score (nSPS) is 12.8. The maximum absolute atomic E-state index is 12.5. The third kappa shape index (κ3) is 51.5. The number of esters is 1. The van der Waals surface area contributed by atoms with Crippen molar-refractivity contribution < 1.29 is 24.5 Å². The van der Waals surface area contributed by atoms with Gasteiger partial charge in [-0.2, -0.15) is 0 Å². The highest BCUT2D eigenvalue weighted by Crippen LogP contribution is 2.17. The molecule has 0 aliphatic heterocycles. The summed E-state index contributed by atoms with van der Waals surface area (Å²) in [5.74, 6) is -0.0733. The SMILES string of the molecule is CCCCCCCC/C=C\CCCCCCCC(=O)OCCCCC/C=C\C/C=C\CCCCCCCCCC(=O)NC(CO)C(O)CCCCCCCCCCCCCCCCCCC. The molecule has 0 fully saturated rings. The minimum absolute atomic E-state index is 0.0233. The van der Waals surface area contributed by atoms with Crippen LogP contribution in [0.3, 0.4) is 0 Å². The second-order valence-corrected chi connectivity index (χ2v) is 20.0. The highest BCUT2D eigenvalue weighted by Gasteiger charge is 2.20. The van der Waals surface area contributed by atoms with Crippen molar-refractivity contribution in [2.45, 2.75) is 321 Å². The van der Waals surface area contributed by atoms with Gasteiger partial charge in [0.25, 0.3) is 0 Å². The van der Waals surface area contributed by atoms with E-state index in [1.165, 1.54) is 193 Å². The number of aliphatic hydroxyl groups is 2. The maximum Gasteiger partial charge on any atom is 0.305 e. The Morgan fingerprint density at radius 3 is 1.17 bits per heavy atom. The number of hydrogen-bond acceptors (Lipinski definition) is 5. The van der Waals surface area contributed by atoms with Gasteiger partial charge in [0.15, 0.2) is 0 Å². The van der Waals surface area contributed by atoms with E-state index in [1.807, 2.05) is 0 Å². The van der Waals surface area contributed by atoms with Crippen molar-refractivity contribution in [1.82, 2.24) is 5.32 Å². The van der Waals surface area contributed by atoms with E-state index in [9.17, 15) is 19.8 Å². The van der Waals surface area contributed by atoms with Gasteiger partial charge in [0.1, 0.15) is 0 Å². The molecule has 0 radical (unpaired) electrons. The largest absolute Gasteiger partial charge is 0.466 e.